The van der Waals surface area contributed by atoms with Crippen LogP contribution in [0.5, 0.6) is 0 Å². The first-order valence-corrected chi connectivity index (χ1v) is 9.47. The zero-order chi connectivity index (χ0) is 19.0. The van der Waals surface area contributed by atoms with Crippen LogP contribution in [0.4, 0.5) is 0 Å². The Morgan fingerprint density at radius 3 is 2.85 bits per heavy atom. The van der Waals surface area contributed by atoms with Crippen LogP contribution in [-0.2, 0) is 20.7 Å². The molecule has 0 unspecified atom stereocenters. The molecule has 27 heavy (non-hydrogen) atoms. The smallest absolute Gasteiger partial charge is 0.337 e. The molecule has 2 aliphatic heterocycles. The molecule has 0 aliphatic carbocycles. The standard InChI is InChI=1S/C22H26N2O3/c1-4-14-12-24-10-9-16-15-7-5-6-8-19(15)23-21(16)20(24)11-17(14)18(13-26-2)22(25)27-3/h4-8,13,17,20,23H,9-12H2,1-3H3/b14-4?,18-13+/t17-,20+/m0/s1. The van der Waals surface area contributed by atoms with Gasteiger partial charge >= 0.3 is 5.97 Å². The summed E-state index contributed by atoms with van der Waals surface area (Å²) in [6, 6.07) is 8.77. The van der Waals surface area contributed by atoms with Gasteiger partial charge in [0.1, 0.15) is 0 Å². The number of piperidine rings is 1. The number of allylic oxidation sites excluding steroid dienone is 1. The molecule has 2 atom stereocenters. The van der Waals surface area contributed by atoms with Crippen molar-refractivity contribution >= 4 is 16.9 Å². The van der Waals surface area contributed by atoms with E-state index in [9.17, 15) is 4.79 Å². The summed E-state index contributed by atoms with van der Waals surface area (Å²) >= 11 is 0. The zero-order valence-electron chi connectivity index (χ0n) is 16.1. The minimum atomic E-state index is -0.317. The minimum Gasteiger partial charge on any atom is -0.504 e. The molecule has 142 valence electrons. The number of nitrogens with zero attached hydrogens (tertiary/aromatic N) is 1. The molecule has 0 radical (unpaired) electrons. The van der Waals surface area contributed by atoms with E-state index in [-0.39, 0.29) is 17.9 Å². The lowest BCUT2D eigenvalue weighted by Crippen LogP contribution is -2.43. The van der Waals surface area contributed by atoms with Crippen LogP contribution in [0.15, 0.2) is 47.7 Å². The first-order valence-electron chi connectivity index (χ1n) is 9.47. The highest BCUT2D eigenvalue weighted by Gasteiger charge is 2.40. The molecule has 1 saturated heterocycles. The number of carbonyl (C=O) groups excluding carboxylic acids is 1. The van der Waals surface area contributed by atoms with Crippen LogP contribution >= 0.6 is 0 Å². The van der Waals surface area contributed by atoms with Crippen LogP contribution in [-0.4, -0.2) is 43.2 Å². The number of aromatic amines is 1. The van der Waals surface area contributed by atoms with E-state index in [4.69, 9.17) is 9.47 Å². The molecular weight excluding hydrogens is 340 g/mol. The summed E-state index contributed by atoms with van der Waals surface area (Å²) in [5.41, 5.74) is 5.75. The number of H-pyrrole nitrogens is 1. The molecule has 0 spiro atoms. The van der Waals surface area contributed by atoms with Gasteiger partial charge < -0.3 is 14.5 Å². The Morgan fingerprint density at radius 1 is 1.30 bits per heavy atom. The minimum absolute atomic E-state index is 0.000937. The average molecular weight is 366 g/mol. The van der Waals surface area contributed by atoms with Crippen molar-refractivity contribution in [3.63, 3.8) is 0 Å². The lowest BCUT2D eigenvalue weighted by Gasteiger charge is -2.44. The van der Waals surface area contributed by atoms with Gasteiger partial charge in [-0.15, -0.1) is 0 Å². The summed E-state index contributed by atoms with van der Waals surface area (Å²) in [7, 11) is 3.00. The van der Waals surface area contributed by atoms with Gasteiger partial charge in [-0.3, -0.25) is 4.90 Å². The van der Waals surface area contributed by atoms with Crippen molar-refractivity contribution in [1.29, 1.82) is 0 Å². The topological polar surface area (TPSA) is 54.6 Å². The Balaban J connectivity index is 1.75. The molecule has 1 N–H and O–H groups in total. The van der Waals surface area contributed by atoms with Crippen LogP contribution in [0.25, 0.3) is 10.9 Å². The Bertz CT molecular complexity index is 925. The van der Waals surface area contributed by atoms with Crippen molar-refractivity contribution < 1.29 is 14.3 Å². The summed E-state index contributed by atoms with van der Waals surface area (Å²) in [4.78, 5) is 18.6. The lowest BCUT2D eigenvalue weighted by atomic mass is 9.78. The molecule has 5 heteroatoms. The maximum atomic E-state index is 12.4. The second kappa shape index (κ2) is 7.24. The highest BCUT2D eigenvalue weighted by Crippen LogP contribution is 2.44. The fourth-order valence-corrected chi connectivity index (χ4v) is 4.68. The highest BCUT2D eigenvalue weighted by atomic mass is 16.5. The molecule has 0 bridgehead atoms. The van der Waals surface area contributed by atoms with Crippen LogP contribution in [0, 0.1) is 5.92 Å². The van der Waals surface area contributed by atoms with Crippen LogP contribution in [0.2, 0.25) is 0 Å². The summed E-state index contributed by atoms with van der Waals surface area (Å²) < 4.78 is 10.2. The molecule has 0 amide bonds. The zero-order valence-corrected chi connectivity index (χ0v) is 16.1. The quantitative estimate of drug-likeness (QED) is 0.389. The van der Waals surface area contributed by atoms with Crippen LogP contribution in [0.3, 0.4) is 0 Å². The number of esters is 1. The van der Waals surface area contributed by atoms with Crippen molar-refractivity contribution in [2.45, 2.75) is 25.8 Å². The summed E-state index contributed by atoms with van der Waals surface area (Å²) in [6.07, 6.45) is 5.57. The van der Waals surface area contributed by atoms with Gasteiger partial charge in [0.2, 0.25) is 0 Å². The number of rotatable bonds is 3. The van der Waals surface area contributed by atoms with Gasteiger partial charge in [0.15, 0.2) is 0 Å². The average Bonchev–Trinajstić information content (AvgIpc) is 3.09. The predicted octanol–water partition coefficient (Wildman–Crippen LogP) is 3.74. The molecule has 4 rings (SSSR count). The van der Waals surface area contributed by atoms with Crippen molar-refractivity contribution in [2.75, 3.05) is 27.3 Å². The molecule has 1 aromatic carbocycles. The number of benzene rings is 1. The van der Waals surface area contributed by atoms with Crippen molar-refractivity contribution in [2.24, 2.45) is 5.92 Å². The molecule has 2 aliphatic rings. The molecule has 2 aromatic rings. The number of ether oxygens (including phenoxy) is 2. The van der Waals surface area contributed by atoms with E-state index < -0.39 is 0 Å². The van der Waals surface area contributed by atoms with Gasteiger partial charge in [0.25, 0.3) is 0 Å². The molecule has 3 heterocycles. The second-order valence-corrected chi connectivity index (χ2v) is 7.25. The van der Waals surface area contributed by atoms with Gasteiger partial charge in [0, 0.05) is 35.6 Å². The number of hydrogen-bond donors (Lipinski definition) is 1. The van der Waals surface area contributed by atoms with E-state index in [1.54, 1.807) is 13.4 Å². The number of para-hydroxylation sites is 1. The third-order valence-electron chi connectivity index (χ3n) is 5.97. The summed E-state index contributed by atoms with van der Waals surface area (Å²) in [5.74, 6) is -0.316. The maximum absolute atomic E-state index is 12.4. The van der Waals surface area contributed by atoms with E-state index >= 15 is 0 Å². The Morgan fingerprint density at radius 2 is 2.11 bits per heavy atom. The highest BCUT2D eigenvalue weighted by molar-refractivity contribution is 5.89. The Hall–Kier alpha value is -2.53. The fourth-order valence-electron chi connectivity index (χ4n) is 4.68. The van der Waals surface area contributed by atoms with Gasteiger partial charge in [-0.1, -0.05) is 29.8 Å². The summed E-state index contributed by atoms with van der Waals surface area (Å²) in [5, 5.41) is 1.32. The third kappa shape index (κ3) is 2.96. The first-order chi connectivity index (χ1) is 13.2. The van der Waals surface area contributed by atoms with Crippen molar-refractivity contribution in [1.82, 2.24) is 9.88 Å². The van der Waals surface area contributed by atoms with Crippen molar-refractivity contribution in [3.05, 3.63) is 59.0 Å². The first kappa shape index (κ1) is 17.9. The van der Waals surface area contributed by atoms with Crippen LogP contribution in [0.1, 0.15) is 30.6 Å². The van der Waals surface area contributed by atoms with E-state index in [0.717, 1.165) is 25.9 Å². The number of nitrogens with one attached hydrogen (secondary N) is 1. The number of fused-ring (bicyclic) bond motifs is 5. The number of hydrogen-bond acceptors (Lipinski definition) is 4. The van der Waals surface area contributed by atoms with Crippen LogP contribution < -0.4 is 0 Å². The molecule has 1 aromatic heterocycles. The maximum Gasteiger partial charge on any atom is 0.337 e. The molecule has 1 fully saturated rings. The van der Waals surface area contributed by atoms with Gasteiger partial charge in [-0.2, -0.15) is 0 Å². The van der Waals surface area contributed by atoms with E-state index in [2.05, 4.69) is 40.2 Å². The largest absolute Gasteiger partial charge is 0.504 e. The number of carbonyl (C=O) groups is 1. The van der Waals surface area contributed by atoms with Gasteiger partial charge in [-0.25, -0.2) is 4.79 Å². The van der Waals surface area contributed by atoms with Gasteiger partial charge in [-0.05, 0) is 31.4 Å². The Labute approximate surface area is 159 Å². The second-order valence-electron chi connectivity index (χ2n) is 7.25. The number of methoxy groups -OCH3 is 2. The molecule has 5 nitrogen and oxygen atoms in total. The normalized spacial score (nSPS) is 24.6. The SMILES string of the molecule is CC=C1CN2CCc3c([nH]c4ccccc34)[C@H]2C[C@@H]1/C(=C\OC)C(=O)OC. The van der Waals surface area contributed by atoms with E-state index in [1.165, 1.54) is 34.8 Å². The Kier molecular flexibility index (Phi) is 4.79. The van der Waals surface area contributed by atoms with E-state index in [1.807, 2.05) is 6.92 Å². The third-order valence-corrected chi connectivity index (χ3v) is 5.97. The fraction of sp³-hybridized carbons (Fsp3) is 0.409. The molecule has 0 saturated carbocycles. The number of aromatic nitrogens is 1. The predicted molar refractivity (Wildman–Crippen MR) is 105 cm³/mol. The monoisotopic (exact) mass is 366 g/mol. The lowest BCUT2D eigenvalue weighted by molar-refractivity contribution is -0.137. The van der Waals surface area contributed by atoms with Crippen molar-refractivity contribution in [3.8, 4) is 0 Å². The molecular formula is C22H26N2O3. The van der Waals surface area contributed by atoms with E-state index in [0.29, 0.717) is 5.57 Å². The summed E-state index contributed by atoms with van der Waals surface area (Å²) in [6.45, 7) is 3.94. The van der Waals surface area contributed by atoms with Gasteiger partial charge in [0.05, 0.1) is 32.1 Å².